The first-order chi connectivity index (χ1) is 11.8. The van der Waals surface area contributed by atoms with Crippen LogP contribution in [-0.4, -0.2) is 62.1 Å². The molecule has 0 radical (unpaired) electrons. The van der Waals surface area contributed by atoms with E-state index in [9.17, 15) is 30.3 Å². The van der Waals surface area contributed by atoms with Gasteiger partial charge in [-0.2, -0.15) is 9.59 Å². The molecule has 5 N–H and O–H groups in total. The van der Waals surface area contributed by atoms with Crippen LogP contribution in [0.15, 0.2) is 24.3 Å². The fourth-order valence-corrected chi connectivity index (χ4v) is 2.28. The monoisotopic (exact) mass is 354 g/mol. The van der Waals surface area contributed by atoms with Crippen molar-refractivity contribution in [2.75, 3.05) is 0 Å². The molecule has 0 heterocycles. The summed E-state index contributed by atoms with van der Waals surface area (Å²) in [6.07, 6.45) is -1.40. The number of carbonyl (C=O) groups is 1. The van der Waals surface area contributed by atoms with E-state index >= 15 is 0 Å². The highest BCUT2D eigenvalue weighted by atomic mass is 16.6. The van der Waals surface area contributed by atoms with E-state index in [-0.39, 0.29) is 30.5 Å². The predicted octanol–water partition coefficient (Wildman–Crippen LogP) is -0.684. The minimum absolute atomic E-state index is 0.0395. The van der Waals surface area contributed by atoms with Gasteiger partial charge < -0.3 is 30.3 Å². The Kier molecular flexibility index (Phi) is 7.77. The molecule has 2 rings (SSSR count). The number of hydrogen-bond acceptors (Lipinski definition) is 9. The van der Waals surface area contributed by atoms with Gasteiger partial charge in [-0.05, 0) is 23.8 Å². The van der Waals surface area contributed by atoms with Crippen molar-refractivity contribution < 1.29 is 44.7 Å². The maximum Gasteiger partial charge on any atom is 0.373 e. The number of phenolic OH excluding ortho intramolecular Hbond substituents is 2. The van der Waals surface area contributed by atoms with Gasteiger partial charge in [0.25, 0.3) is 0 Å². The molecule has 1 aliphatic rings. The van der Waals surface area contributed by atoms with E-state index in [0.717, 1.165) is 6.08 Å². The van der Waals surface area contributed by atoms with Gasteiger partial charge in [-0.25, -0.2) is 4.79 Å². The minimum Gasteiger partial charge on any atom is -0.504 e. The van der Waals surface area contributed by atoms with Crippen LogP contribution < -0.4 is 0 Å². The van der Waals surface area contributed by atoms with E-state index in [2.05, 4.69) is 0 Å². The average molecular weight is 354 g/mol. The van der Waals surface area contributed by atoms with Crippen molar-refractivity contribution in [2.24, 2.45) is 0 Å². The van der Waals surface area contributed by atoms with E-state index in [0.29, 0.717) is 5.56 Å². The Morgan fingerprint density at radius 2 is 1.76 bits per heavy atom. The largest absolute Gasteiger partial charge is 0.504 e. The highest BCUT2D eigenvalue weighted by Gasteiger charge is 2.37. The quantitative estimate of drug-likeness (QED) is 0.269. The summed E-state index contributed by atoms with van der Waals surface area (Å²) < 4.78 is 5.01. The molecule has 1 aliphatic carbocycles. The predicted molar refractivity (Wildman–Crippen MR) is 80.9 cm³/mol. The molecule has 0 bridgehead atoms. The number of aliphatic hydroxyl groups excluding tert-OH is 3. The Morgan fingerprint density at radius 1 is 1.12 bits per heavy atom. The molecule has 1 aromatic carbocycles. The van der Waals surface area contributed by atoms with Gasteiger partial charge in [0, 0.05) is 18.9 Å². The molecule has 9 heteroatoms. The van der Waals surface area contributed by atoms with Gasteiger partial charge in [-0.3, -0.25) is 0 Å². The van der Waals surface area contributed by atoms with E-state index in [1.165, 1.54) is 24.3 Å². The third kappa shape index (κ3) is 6.36. The van der Waals surface area contributed by atoms with Crippen LogP contribution in [0.3, 0.4) is 0 Å². The summed E-state index contributed by atoms with van der Waals surface area (Å²) in [7, 11) is 0. The first-order valence-corrected chi connectivity index (χ1v) is 7.22. The summed E-state index contributed by atoms with van der Waals surface area (Å²) in [6.45, 7) is 0. The molecule has 9 nitrogen and oxygen atoms in total. The lowest BCUT2D eigenvalue weighted by Gasteiger charge is -2.33. The second-order valence-electron chi connectivity index (χ2n) is 5.32. The number of aromatic hydroxyl groups is 2. The van der Waals surface area contributed by atoms with Crippen molar-refractivity contribution in [3.8, 4) is 11.5 Å². The molecule has 0 unspecified atom stereocenters. The van der Waals surface area contributed by atoms with Crippen molar-refractivity contribution in [2.45, 2.75) is 37.3 Å². The van der Waals surface area contributed by atoms with Gasteiger partial charge in [0.15, 0.2) is 11.5 Å². The summed E-state index contributed by atoms with van der Waals surface area (Å²) in [4.78, 5) is 28.0. The number of ether oxygens (including phenoxy) is 1. The maximum atomic E-state index is 11.7. The lowest BCUT2D eigenvalue weighted by atomic mass is 9.90. The fraction of sp³-hybridized carbons (Fsp3) is 0.375. The third-order valence-electron chi connectivity index (χ3n) is 3.47. The topological polar surface area (TPSA) is 162 Å². The molecule has 0 spiro atoms. The number of phenols is 2. The highest BCUT2D eigenvalue weighted by molar-refractivity contribution is 5.87. The molecule has 0 saturated heterocycles. The van der Waals surface area contributed by atoms with Crippen LogP contribution in [-0.2, 0) is 19.1 Å². The van der Waals surface area contributed by atoms with Crippen molar-refractivity contribution in [1.82, 2.24) is 0 Å². The van der Waals surface area contributed by atoms with Crippen LogP contribution in [0.1, 0.15) is 18.4 Å². The van der Waals surface area contributed by atoms with Gasteiger partial charge in [0.2, 0.25) is 0 Å². The van der Waals surface area contributed by atoms with E-state index in [1.807, 2.05) is 0 Å². The molecule has 0 aromatic heterocycles. The van der Waals surface area contributed by atoms with Crippen molar-refractivity contribution >= 4 is 18.2 Å². The third-order valence-corrected chi connectivity index (χ3v) is 3.47. The minimum atomic E-state index is -1.24. The van der Waals surface area contributed by atoms with Gasteiger partial charge in [-0.15, -0.1) is 0 Å². The normalized spacial score (nSPS) is 25.6. The van der Waals surface area contributed by atoms with Gasteiger partial charge >= 0.3 is 12.1 Å². The van der Waals surface area contributed by atoms with Crippen LogP contribution in [0.2, 0.25) is 0 Å². The smallest absolute Gasteiger partial charge is 0.373 e. The SMILES string of the molecule is O=C(/C=C/c1ccc(O)c(O)c1)O[C@@H]1C[C@@H](O)C[C@@H](O)[C@H]1O.O=C=O. The fourth-order valence-electron chi connectivity index (χ4n) is 2.28. The number of esters is 1. The second-order valence-corrected chi connectivity index (χ2v) is 5.32. The van der Waals surface area contributed by atoms with Crippen LogP contribution in [0.4, 0.5) is 0 Å². The van der Waals surface area contributed by atoms with E-state index in [4.69, 9.17) is 14.3 Å². The number of rotatable bonds is 3. The first-order valence-electron chi connectivity index (χ1n) is 7.22. The average Bonchev–Trinajstić information content (AvgIpc) is 2.54. The summed E-state index contributed by atoms with van der Waals surface area (Å²) in [5, 5.41) is 47.3. The molecule has 0 amide bonds. The molecular weight excluding hydrogens is 336 g/mol. The zero-order valence-corrected chi connectivity index (χ0v) is 13.0. The van der Waals surface area contributed by atoms with Gasteiger partial charge in [0.1, 0.15) is 12.2 Å². The Morgan fingerprint density at radius 3 is 2.36 bits per heavy atom. The van der Waals surface area contributed by atoms with Crippen LogP contribution in [0.5, 0.6) is 11.5 Å². The summed E-state index contributed by atoms with van der Waals surface area (Å²) in [5.74, 6) is -1.34. The van der Waals surface area contributed by atoms with Crippen LogP contribution in [0.25, 0.3) is 6.08 Å². The summed E-state index contributed by atoms with van der Waals surface area (Å²) in [5.41, 5.74) is 0.469. The van der Waals surface area contributed by atoms with E-state index in [1.54, 1.807) is 0 Å². The van der Waals surface area contributed by atoms with E-state index < -0.39 is 30.4 Å². The standard InChI is InChI=1S/C15H18O7.CO2/c16-9-6-12(19)15(21)13(7-9)22-14(20)4-2-8-1-3-10(17)11(18)5-8;2-1-3/h1-5,9,12-13,15-19,21H,6-7H2;/b4-2+;/t9-,12+,13+,15+;/m0./s1. The van der Waals surface area contributed by atoms with Gasteiger partial charge in [0.05, 0.1) is 12.2 Å². The molecule has 0 aliphatic heterocycles. The van der Waals surface area contributed by atoms with Crippen molar-refractivity contribution in [3.63, 3.8) is 0 Å². The molecular formula is C16H18O9. The highest BCUT2D eigenvalue weighted by Crippen LogP contribution is 2.26. The second kappa shape index (κ2) is 9.55. The Balaban J connectivity index is 0.000000970. The number of aliphatic hydroxyl groups is 3. The molecule has 4 atom stereocenters. The molecule has 1 fully saturated rings. The number of benzene rings is 1. The van der Waals surface area contributed by atoms with Crippen LogP contribution in [0, 0.1) is 0 Å². The Bertz CT molecular complexity index is 649. The van der Waals surface area contributed by atoms with Crippen molar-refractivity contribution in [1.29, 1.82) is 0 Å². The zero-order chi connectivity index (χ0) is 19.0. The maximum absolute atomic E-state index is 11.7. The zero-order valence-electron chi connectivity index (χ0n) is 13.0. The van der Waals surface area contributed by atoms with Crippen molar-refractivity contribution in [3.05, 3.63) is 29.8 Å². The number of carbonyl (C=O) groups excluding carboxylic acids is 3. The summed E-state index contributed by atoms with van der Waals surface area (Å²) >= 11 is 0. The number of hydrogen-bond donors (Lipinski definition) is 5. The molecule has 1 saturated carbocycles. The lowest BCUT2D eigenvalue weighted by Crippen LogP contribution is -2.48. The molecule has 25 heavy (non-hydrogen) atoms. The molecule has 1 aromatic rings. The Hall–Kier alpha value is -2.71. The summed E-state index contributed by atoms with van der Waals surface area (Å²) in [6, 6.07) is 4.03. The van der Waals surface area contributed by atoms with Gasteiger partial charge in [-0.1, -0.05) is 6.07 Å². The lowest BCUT2D eigenvalue weighted by molar-refractivity contribution is -0.191. The molecule has 136 valence electrons. The first kappa shape index (κ1) is 20.3. The Labute approximate surface area is 142 Å². The van der Waals surface area contributed by atoms with Crippen LogP contribution >= 0.6 is 0 Å².